The van der Waals surface area contributed by atoms with E-state index in [4.69, 9.17) is 4.74 Å². The van der Waals surface area contributed by atoms with Gasteiger partial charge in [0.25, 0.3) is 0 Å². The van der Waals surface area contributed by atoms with Crippen LogP contribution in [0, 0.1) is 0 Å². The molecular weight excluding hydrogens is 318 g/mol. The van der Waals surface area contributed by atoms with Crippen molar-refractivity contribution in [2.75, 3.05) is 33.3 Å². The van der Waals surface area contributed by atoms with Crippen LogP contribution in [0.4, 0.5) is 0 Å². The van der Waals surface area contributed by atoms with Crippen LogP contribution in [0.25, 0.3) is 0 Å². The van der Waals surface area contributed by atoms with E-state index in [1.165, 1.54) is 0 Å². The van der Waals surface area contributed by atoms with E-state index >= 15 is 0 Å². The highest BCUT2D eigenvalue weighted by Crippen LogP contribution is 2.10. The van der Waals surface area contributed by atoms with E-state index in [0.717, 1.165) is 37.9 Å². The Morgan fingerprint density at radius 1 is 1.16 bits per heavy atom. The molecule has 0 aliphatic carbocycles. The zero-order chi connectivity index (χ0) is 17.9. The van der Waals surface area contributed by atoms with Gasteiger partial charge in [-0.15, -0.1) is 0 Å². The lowest BCUT2D eigenvalue weighted by molar-refractivity contribution is -0.124. The van der Waals surface area contributed by atoms with Crippen LogP contribution in [-0.2, 0) is 20.9 Å². The number of carbonyl (C=O) groups excluding carboxylic acids is 2. The quantitative estimate of drug-likeness (QED) is 0.661. The molecule has 0 saturated carbocycles. The average Bonchev–Trinajstić information content (AvgIpc) is 2.64. The number of hydrogen-bond acceptors (Lipinski definition) is 4. The van der Waals surface area contributed by atoms with Crippen LogP contribution in [-0.4, -0.2) is 56.0 Å². The third-order valence-corrected chi connectivity index (χ3v) is 4.40. The molecule has 0 bridgehead atoms. The van der Waals surface area contributed by atoms with Crippen molar-refractivity contribution >= 4 is 11.8 Å². The van der Waals surface area contributed by atoms with Gasteiger partial charge in [-0.3, -0.25) is 14.5 Å². The Bertz CT molecular complexity index is 528. The maximum absolute atomic E-state index is 12.0. The molecule has 1 saturated heterocycles. The fourth-order valence-electron chi connectivity index (χ4n) is 2.92. The van der Waals surface area contributed by atoms with Gasteiger partial charge in [-0.2, -0.15) is 0 Å². The van der Waals surface area contributed by atoms with Gasteiger partial charge in [0.1, 0.15) is 0 Å². The van der Waals surface area contributed by atoms with Gasteiger partial charge < -0.3 is 15.4 Å². The van der Waals surface area contributed by atoms with Crippen LogP contribution in [0.5, 0.6) is 0 Å². The van der Waals surface area contributed by atoms with Gasteiger partial charge in [0.15, 0.2) is 0 Å². The summed E-state index contributed by atoms with van der Waals surface area (Å²) in [5.74, 6) is 0.131. The van der Waals surface area contributed by atoms with E-state index in [9.17, 15) is 9.59 Å². The van der Waals surface area contributed by atoms with Gasteiger partial charge in [-0.25, -0.2) is 0 Å². The van der Waals surface area contributed by atoms with Crippen molar-refractivity contribution in [1.29, 1.82) is 0 Å². The van der Waals surface area contributed by atoms with Crippen LogP contribution in [0.3, 0.4) is 0 Å². The van der Waals surface area contributed by atoms with Gasteiger partial charge in [0.2, 0.25) is 11.8 Å². The van der Waals surface area contributed by atoms with Crippen LogP contribution in [0.1, 0.15) is 31.2 Å². The molecule has 1 aliphatic heterocycles. The Labute approximate surface area is 149 Å². The summed E-state index contributed by atoms with van der Waals surface area (Å²) in [4.78, 5) is 25.5. The molecule has 25 heavy (non-hydrogen) atoms. The Morgan fingerprint density at radius 3 is 2.56 bits per heavy atom. The highest BCUT2D eigenvalue weighted by Gasteiger charge is 2.21. The monoisotopic (exact) mass is 347 g/mol. The van der Waals surface area contributed by atoms with Crippen LogP contribution < -0.4 is 10.6 Å². The van der Waals surface area contributed by atoms with Crippen molar-refractivity contribution in [3.05, 3.63) is 35.9 Å². The number of likely N-dealkylation sites (tertiary alicyclic amines) is 1. The fourth-order valence-corrected chi connectivity index (χ4v) is 2.92. The molecule has 0 radical (unpaired) electrons. The van der Waals surface area contributed by atoms with Crippen LogP contribution in [0.15, 0.2) is 30.3 Å². The van der Waals surface area contributed by atoms with E-state index < -0.39 is 0 Å². The number of rotatable bonds is 9. The number of nitrogens with zero attached hydrogens (tertiary/aromatic N) is 1. The minimum Gasteiger partial charge on any atom is -0.377 e. The lowest BCUT2D eigenvalue weighted by Crippen LogP contribution is -2.47. The summed E-state index contributed by atoms with van der Waals surface area (Å²) in [7, 11) is 1.65. The van der Waals surface area contributed by atoms with Gasteiger partial charge in [0.05, 0.1) is 13.2 Å². The SMILES string of the molecule is CNC(=O)CN1CCC(NC(=O)CCCOCc2ccccc2)CC1. The molecule has 1 fully saturated rings. The van der Waals surface area contributed by atoms with Crippen molar-refractivity contribution < 1.29 is 14.3 Å². The third-order valence-electron chi connectivity index (χ3n) is 4.40. The largest absolute Gasteiger partial charge is 0.377 e. The zero-order valence-corrected chi connectivity index (χ0v) is 15.0. The van der Waals surface area contributed by atoms with Gasteiger partial charge in [-0.05, 0) is 24.8 Å². The number of amides is 2. The molecule has 0 unspecified atom stereocenters. The molecule has 138 valence electrons. The summed E-state index contributed by atoms with van der Waals surface area (Å²) < 4.78 is 5.60. The lowest BCUT2D eigenvalue weighted by Gasteiger charge is -2.31. The van der Waals surface area contributed by atoms with Gasteiger partial charge >= 0.3 is 0 Å². The van der Waals surface area contributed by atoms with E-state index in [0.29, 0.717) is 26.2 Å². The highest BCUT2D eigenvalue weighted by molar-refractivity contribution is 5.77. The normalized spacial score (nSPS) is 15.7. The Kier molecular flexibility index (Phi) is 8.42. The van der Waals surface area contributed by atoms with E-state index in [2.05, 4.69) is 15.5 Å². The summed E-state index contributed by atoms with van der Waals surface area (Å²) in [6.07, 6.45) is 3.02. The highest BCUT2D eigenvalue weighted by atomic mass is 16.5. The molecule has 2 rings (SSSR count). The number of piperidine rings is 1. The first-order valence-corrected chi connectivity index (χ1v) is 9.01. The molecule has 6 heteroatoms. The summed E-state index contributed by atoms with van der Waals surface area (Å²) in [6.45, 7) is 3.31. The van der Waals surface area contributed by atoms with Gasteiger partial charge in [-0.1, -0.05) is 30.3 Å². The average molecular weight is 347 g/mol. The summed E-state index contributed by atoms with van der Waals surface area (Å²) in [6, 6.07) is 10.3. The molecule has 0 aromatic heterocycles. The van der Waals surface area contributed by atoms with Crippen LogP contribution >= 0.6 is 0 Å². The number of benzene rings is 1. The molecule has 6 nitrogen and oxygen atoms in total. The molecule has 1 heterocycles. The van der Waals surface area contributed by atoms with E-state index in [1.54, 1.807) is 7.05 Å². The number of likely N-dealkylation sites (N-methyl/N-ethyl adjacent to an activating group) is 1. The lowest BCUT2D eigenvalue weighted by atomic mass is 10.0. The van der Waals surface area contributed by atoms with Gasteiger partial charge in [0, 0.05) is 39.2 Å². The molecule has 1 aliphatic rings. The standard InChI is InChI=1S/C19H29N3O3/c1-20-19(24)14-22-11-9-17(10-12-22)21-18(23)8-5-13-25-15-16-6-3-2-4-7-16/h2-4,6-7,17H,5,8-15H2,1H3,(H,20,24)(H,21,23). The maximum atomic E-state index is 12.0. The number of ether oxygens (including phenoxy) is 1. The predicted molar refractivity (Wildman–Crippen MR) is 97.0 cm³/mol. The topological polar surface area (TPSA) is 70.7 Å². The minimum absolute atomic E-state index is 0.0398. The first-order chi connectivity index (χ1) is 12.2. The maximum Gasteiger partial charge on any atom is 0.233 e. The van der Waals surface area contributed by atoms with Crippen molar-refractivity contribution in [2.45, 2.75) is 38.3 Å². The molecule has 2 amide bonds. The van der Waals surface area contributed by atoms with Crippen molar-refractivity contribution in [3.8, 4) is 0 Å². The zero-order valence-electron chi connectivity index (χ0n) is 15.0. The molecule has 1 aromatic rings. The third kappa shape index (κ3) is 7.67. The summed E-state index contributed by atoms with van der Waals surface area (Å²) in [5.41, 5.74) is 1.15. The fraction of sp³-hybridized carbons (Fsp3) is 0.579. The Hall–Kier alpha value is -1.92. The smallest absolute Gasteiger partial charge is 0.233 e. The summed E-state index contributed by atoms with van der Waals surface area (Å²) >= 11 is 0. The molecule has 2 N–H and O–H groups in total. The Balaban J connectivity index is 1.52. The second kappa shape index (κ2) is 10.8. The van der Waals surface area contributed by atoms with Crippen molar-refractivity contribution in [1.82, 2.24) is 15.5 Å². The number of nitrogens with one attached hydrogen (secondary N) is 2. The number of hydrogen-bond donors (Lipinski definition) is 2. The second-order valence-electron chi connectivity index (χ2n) is 6.43. The molecule has 1 aromatic carbocycles. The van der Waals surface area contributed by atoms with E-state index in [-0.39, 0.29) is 17.9 Å². The second-order valence-corrected chi connectivity index (χ2v) is 6.43. The Morgan fingerprint density at radius 2 is 1.88 bits per heavy atom. The molecule has 0 atom stereocenters. The van der Waals surface area contributed by atoms with E-state index in [1.807, 2.05) is 30.3 Å². The molecule has 0 spiro atoms. The first kappa shape index (κ1) is 19.4. The molecular formula is C19H29N3O3. The minimum atomic E-state index is 0.0398. The van der Waals surface area contributed by atoms with Crippen molar-refractivity contribution in [3.63, 3.8) is 0 Å². The van der Waals surface area contributed by atoms with Crippen molar-refractivity contribution in [2.24, 2.45) is 0 Å². The predicted octanol–water partition coefficient (Wildman–Crippen LogP) is 1.31. The van der Waals surface area contributed by atoms with Crippen LogP contribution in [0.2, 0.25) is 0 Å². The first-order valence-electron chi connectivity index (χ1n) is 9.01. The summed E-state index contributed by atoms with van der Waals surface area (Å²) in [5, 5.41) is 5.73. The number of carbonyl (C=O) groups is 2.